The molecule has 1 atom stereocenters. The van der Waals surface area contributed by atoms with Crippen LogP contribution in [0.25, 0.3) is 0 Å². The van der Waals surface area contributed by atoms with Crippen molar-refractivity contribution < 1.29 is 4.79 Å². The molecule has 1 aromatic carbocycles. The molecule has 1 aromatic rings. The van der Waals surface area contributed by atoms with Crippen molar-refractivity contribution in [3.63, 3.8) is 0 Å². The number of hydrogen-bond donors (Lipinski definition) is 0. The minimum absolute atomic E-state index is 0.177. The second kappa shape index (κ2) is 7.37. The number of nitrogens with zero attached hydrogens (tertiary/aromatic N) is 2. The number of amides is 1. The molecule has 0 aliphatic carbocycles. The van der Waals surface area contributed by atoms with E-state index in [2.05, 4.69) is 0 Å². The average molecular weight is 299 g/mol. The molecule has 0 radical (unpaired) electrons. The molecule has 1 unspecified atom stereocenters. The van der Waals surface area contributed by atoms with Crippen LogP contribution in [0.3, 0.4) is 0 Å². The molecule has 5 heteroatoms. The van der Waals surface area contributed by atoms with Gasteiger partial charge in [-0.15, -0.1) is 0 Å². The average Bonchev–Trinajstić information content (AvgIpc) is 2.40. The Bertz CT molecular complexity index is 472. The maximum absolute atomic E-state index is 12.2. The van der Waals surface area contributed by atoms with Gasteiger partial charge in [-0.3, -0.25) is 4.79 Å². The van der Waals surface area contributed by atoms with Crippen LogP contribution in [0.15, 0.2) is 18.2 Å². The summed E-state index contributed by atoms with van der Waals surface area (Å²) < 4.78 is 0. The van der Waals surface area contributed by atoms with Gasteiger partial charge in [0.25, 0.3) is 0 Å². The Balaban J connectivity index is 2.95. The molecule has 0 bridgehead atoms. The van der Waals surface area contributed by atoms with Crippen molar-refractivity contribution in [1.82, 2.24) is 4.90 Å². The molecule has 0 aliphatic heterocycles. The van der Waals surface area contributed by atoms with E-state index in [1.807, 2.05) is 19.9 Å². The van der Waals surface area contributed by atoms with Crippen LogP contribution >= 0.6 is 23.2 Å². The smallest absolute Gasteiger partial charge is 0.240 e. The van der Waals surface area contributed by atoms with Crippen molar-refractivity contribution in [2.45, 2.75) is 20.3 Å². The zero-order valence-electron chi connectivity index (χ0n) is 11.0. The third kappa shape index (κ3) is 3.86. The maximum Gasteiger partial charge on any atom is 0.240 e. The van der Waals surface area contributed by atoms with Crippen LogP contribution in [-0.4, -0.2) is 23.9 Å². The van der Waals surface area contributed by atoms with Gasteiger partial charge in [0, 0.05) is 29.6 Å². The number of hydrogen-bond acceptors (Lipinski definition) is 2. The lowest BCUT2D eigenvalue weighted by molar-refractivity contribution is -0.133. The molecule has 1 rings (SSSR count). The molecule has 3 nitrogen and oxygen atoms in total. The fourth-order valence-electron chi connectivity index (χ4n) is 1.88. The minimum atomic E-state index is -0.753. The maximum atomic E-state index is 12.2. The molecule has 19 heavy (non-hydrogen) atoms. The Labute approximate surface area is 123 Å². The lowest BCUT2D eigenvalue weighted by atomic mass is 9.99. The number of halogens is 2. The quantitative estimate of drug-likeness (QED) is 0.834. The monoisotopic (exact) mass is 298 g/mol. The van der Waals surface area contributed by atoms with E-state index in [1.165, 1.54) is 0 Å². The first kappa shape index (κ1) is 15.8. The lowest BCUT2D eigenvalue weighted by Crippen LogP contribution is -2.36. The molecule has 0 heterocycles. The highest BCUT2D eigenvalue weighted by Crippen LogP contribution is 2.27. The third-order valence-electron chi connectivity index (χ3n) is 3.00. The second-order valence-corrected chi connectivity index (χ2v) is 4.91. The number of benzene rings is 1. The summed E-state index contributed by atoms with van der Waals surface area (Å²) >= 11 is 12.1. The summed E-state index contributed by atoms with van der Waals surface area (Å²) in [5, 5.41) is 10.2. The van der Waals surface area contributed by atoms with Crippen LogP contribution in [-0.2, 0) is 11.2 Å². The van der Waals surface area contributed by atoms with Gasteiger partial charge in [0.05, 0.1) is 6.07 Å². The van der Waals surface area contributed by atoms with E-state index in [1.54, 1.807) is 23.1 Å². The van der Waals surface area contributed by atoms with E-state index in [-0.39, 0.29) is 12.3 Å². The van der Waals surface area contributed by atoms with E-state index in [0.29, 0.717) is 28.7 Å². The molecule has 0 fully saturated rings. The number of carbonyl (C=O) groups excluding carboxylic acids is 1. The Morgan fingerprint density at radius 2 is 1.84 bits per heavy atom. The molecule has 0 spiro atoms. The molecular formula is C14H16Cl2N2O. The van der Waals surface area contributed by atoms with Crippen molar-refractivity contribution >= 4 is 29.1 Å². The highest BCUT2D eigenvalue weighted by Gasteiger charge is 2.24. The Morgan fingerprint density at radius 1 is 1.32 bits per heavy atom. The lowest BCUT2D eigenvalue weighted by Gasteiger charge is -2.22. The number of carbonyl (C=O) groups is 1. The van der Waals surface area contributed by atoms with Crippen LogP contribution in [0.2, 0.25) is 10.0 Å². The van der Waals surface area contributed by atoms with Crippen molar-refractivity contribution in [3.05, 3.63) is 33.8 Å². The van der Waals surface area contributed by atoms with Gasteiger partial charge in [-0.2, -0.15) is 5.26 Å². The first-order valence-corrected chi connectivity index (χ1v) is 6.92. The van der Waals surface area contributed by atoms with Gasteiger partial charge >= 0.3 is 0 Å². The van der Waals surface area contributed by atoms with Crippen LogP contribution < -0.4 is 0 Å². The van der Waals surface area contributed by atoms with Gasteiger partial charge < -0.3 is 4.90 Å². The van der Waals surface area contributed by atoms with Crippen molar-refractivity contribution in [3.8, 4) is 6.07 Å². The summed E-state index contributed by atoms with van der Waals surface area (Å²) in [6, 6.07) is 7.20. The summed E-state index contributed by atoms with van der Waals surface area (Å²) in [6.07, 6.45) is 0.240. The summed E-state index contributed by atoms with van der Waals surface area (Å²) in [6.45, 7) is 4.95. The molecule has 0 saturated heterocycles. The third-order valence-corrected chi connectivity index (χ3v) is 3.71. The minimum Gasteiger partial charge on any atom is -0.342 e. The Morgan fingerprint density at radius 3 is 2.26 bits per heavy atom. The molecule has 102 valence electrons. The SMILES string of the molecule is CCN(CC)C(=O)C(C#N)Cc1c(Cl)cccc1Cl. The van der Waals surface area contributed by atoms with Crippen LogP contribution in [0.1, 0.15) is 19.4 Å². The Kier molecular flexibility index (Phi) is 6.14. The van der Waals surface area contributed by atoms with Crippen molar-refractivity contribution in [2.24, 2.45) is 5.92 Å². The predicted molar refractivity (Wildman–Crippen MR) is 77.2 cm³/mol. The highest BCUT2D eigenvalue weighted by atomic mass is 35.5. The van der Waals surface area contributed by atoms with Crippen molar-refractivity contribution in [1.29, 1.82) is 5.26 Å². The van der Waals surface area contributed by atoms with Crippen LogP contribution in [0.5, 0.6) is 0 Å². The van der Waals surface area contributed by atoms with E-state index in [4.69, 9.17) is 23.2 Å². The van der Waals surface area contributed by atoms with Gasteiger partial charge in [0.15, 0.2) is 0 Å². The van der Waals surface area contributed by atoms with Crippen LogP contribution in [0.4, 0.5) is 0 Å². The molecule has 0 saturated carbocycles. The second-order valence-electron chi connectivity index (χ2n) is 4.10. The van der Waals surface area contributed by atoms with Gasteiger partial charge in [-0.05, 0) is 31.5 Å². The molecule has 0 aromatic heterocycles. The van der Waals surface area contributed by atoms with E-state index >= 15 is 0 Å². The fourth-order valence-corrected chi connectivity index (χ4v) is 2.43. The van der Waals surface area contributed by atoms with Gasteiger partial charge in [-0.25, -0.2) is 0 Å². The van der Waals surface area contributed by atoms with Crippen LogP contribution in [0, 0.1) is 17.2 Å². The molecule has 0 N–H and O–H groups in total. The zero-order valence-corrected chi connectivity index (χ0v) is 12.5. The number of rotatable bonds is 5. The number of nitriles is 1. The van der Waals surface area contributed by atoms with E-state index < -0.39 is 5.92 Å². The summed E-state index contributed by atoms with van der Waals surface area (Å²) in [5.41, 5.74) is 0.651. The summed E-state index contributed by atoms with van der Waals surface area (Å²) in [4.78, 5) is 13.8. The topological polar surface area (TPSA) is 44.1 Å². The van der Waals surface area contributed by atoms with Gasteiger partial charge in [0.1, 0.15) is 5.92 Å². The predicted octanol–water partition coefficient (Wildman–Crippen LogP) is 3.54. The molecule has 0 aliphatic rings. The summed E-state index contributed by atoms with van der Waals surface area (Å²) in [5.74, 6) is -0.930. The molecule has 1 amide bonds. The zero-order chi connectivity index (χ0) is 14.4. The van der Waals surface area contributed by atoms with E-state index in [0.717, 1.165) is 0 Å². The van der Waals surface area contributed by atoms with Gasteiger partial charge in [-0.1, -0.05) is 29.3 Å². The Hall–Kier alpha value is -1.24. The fraction of sp³-hybridized carbons (Fsp3) is 0.429. The normalized spacial score (nSPS) is 11.7. The summed E-state index contributed by atoms with van der Waals surface area (Å²) in [7, 11) is 0. The standard InChI is InChI=1S/C14H16Cl2N2O/c1-3-18(4-2)14(19)10(9-17)8-11-12(15)6-5-7-13(11)16/h5-7,10H,3-4,8H2,1-2H3. The van der Waals surface area contributed by atoms with E-state index in [9.17, 15) is 10.1 Å². The largest absolute Gasteiger partial charge is 0.342 e. The van der Waals surface area contributed by atoms with Gasteiger partial charge in [0.2, 0.25) is 5.91 Å². The highest BCUT2D eigenvalue weighted by molar-refractivity contribution is 6.36. The first-order chi connectivity index (χ1) is 9.04. The first-order valence-electron chi connectivity index (χ1n) is 6.16. The molecular weight excluding hydrogens is 283 g/mol. The van der Waals surface area contributed by atoms with Crippen molar-refractivity contribution in [2.75, 3.05) is 13.1 Å².